The van der Waals surface area contributed by atoms with E-state index in [1.807, 2.05) is 53.4 Å². The molecular weight excluding hydrogens is 394 g/mol. The lowest BCUT2D eigenvalue weighted by atomic mass is 10.1. The average molecular weight is 426 g/mol. The van der Waals surface area contributed by atoms with Crippen LogP contribution >= 0.6 is 0 Å². The van der Waals surface area contributed by atoms with Crippen molar-refractivity contribution >= 4 is 5.91 Å². The molecule has 166 valence electrons. The van der Waals surface area contributed by atoms with Crippen LogP contribution in [0.2, 0.25) is 0 Å². The topological polar surface area (TPSA) is 57.2 Å². The van der Waals surface area contributed by atoms with E-state index in [0.29, 0.717) is 25.3 Å². The van der Waals surface area contributed by atoms with E-state index in [2.05, 4.69) is 0 Å². The molecule has 6 heteroatoms. The van der Waals surface area contributed by atoms with Crippen molar-refractivity contribution < 1.29 is 23.7 Å². The summed E-state index contributed by atoms with van der Waals surface area (Å²) in [7, 11) is 1.65. The van der Waals surface area contributed by atoms with Gasteiger partial charge in [0.05, 0.1) is 19.3 Å². The second-order valence-corrected chi connectivity index (χ2v) is 8.14. The van der Waals surface area contributed by atoms with Gasteiger partial charge in [-0.15, -0.1) is 0 Å². The highest BCUT2D eigenvalue weighted by Gasteiger charge is 2.24. The zero-order valence-corrected chi connectivity index (χ0v) is 18.1. The molecule has 1 amide bonds. The van der Waals surface area contributed by atoms with Crippen LogP contribution < -0.4 is 9.47 Å². The number of carbonyl (C=O) groups is 1. The van der Waals surface area contributed by atoms with Crippen LogP contribution in [0.15, 0.2) is 48.5 Å². The lowest BCUT2D eigenvalue weighted by Crippen LogP contribution is -2.37. The van der Waals surface area contributed by atoms with E-state index in [4.69, 9.17) is 18.9 Å². The second-order valence-electron chi connectivity index (χ2n) is 8.14. The number of rotatable bonds is 9. The molecule has 0 spiro atoms. The molecule has 2 aromatic carbocycles. The van der Waals surface area contributed by atoms with Crippen molar-refractivity contribution in [1.82, 2.24) is 4.90 Å². The lowest BCUT2D eigenvalue weighted by Gasteiger charge is -2.26. The number of nitrogens with zero attached hydrogens (tertiary/aromatic N) is 1. The van der Waals surface area contributed by atoms with Gasteiger partial charge in [0.2, 0.25) is 0 Å². The number of ether oxygens (including phenoxy) is 4. The third-order valence-electron chi connectivity index (χ3n) is 5.80. The van der Waals surface area contributed by atoms with E-state index < -0.39 is 0 Å². The Hall–Kier alpha value is -2.57. The molecule has 0 N–H and O–H groups in total. The molecule has 2 saturated heterocycles. The van der Waals surface area contributed by atoms with Crippen molar-refractivity contribution in [2.24, 2.45) is 0 Å². The largest absolute Gasteiger partial charge is 0.497 e. The maximum absolute atomic E-state index is 13.3. The molecule has 0 aliphatic carbocycles. The van der Waals surface area contributed by atoms with E-state index >= 15 is 0 Å². The Morgan fingerprint density at radius 3 is 2.42 bits per heavy atom. The van der Waals surface area contributed by atoms with Crippen molar-refractivity contribution in [3.8, 4) is 11.5 Å². The van der Waals surface area contributed by atoms with Gasteiger partial charge in [-0.05, 0) is 67.6 Å². The Labute approximate surface area is 184 Å². The van der Waals surface area contributed by atoms with Gasteiger partial charge in [0.15, 0.2) is 0 Å². The van der Waals surface area contributed by atoms with E-state index in [-0.39, 0.29) is 18.1 Å². The Morgan fingerprint density at radius 1 is 1.00 bits per heavy atom. The van der Waals surface area contributed by atoms with Gasteiger partial charge in [-0.1, -0.05) is 12.1 Å². The summed E-state index contributed by atoms with van der Waals surface area (Å²) in [5.74, 6) is 1.53. The molecule has 0 radical (unpaired) electrons. The minimum absolute atomic E-state index is 0.0102. The molecule has 2 heterocycles. The maximum Gasteiger partial charge on any atom is 0.254 e. The predicted octanol–water partition coefficient (Wildman–Crippen LogP) is 4.07. The van der Waals surface area contributed by atoms with Gasteiger partial charge in [-0.25, -0.2) is 0 Å². The van der Waals surface area contributed by atoms with Crippen molar-refractivity contribution in [3.63, 3.8) is 0 Å². The molecule has 0 saturated carbocycles. The molecule has 4 rings (SSSR count). The Morgan fingerprint density at radius 2 is 1.74 bits per heavy atom. The highest BCUT2D eigenvalue weighted by Crippen LogP contribution is 2.21. The van der Waals surface area contributed by atoms with E-state index in [1.54, 1.807) is 7.11 Å². The van der Waals surface area contributed by atoms with E-state index in [0.717, 1.165) is 56.0 Å². The number of amides is 1. The zero-order valence-electron chi connectivity index (χ0n) is 18.1. The summed E-state index contributed by atoms with van der Waals surface area (Å²) in [6.07, 6.45) is 4.42. The third kappa shape index (κ3) is 5.99. The van der Waals surface area contributed by atoms with Gasteiger partial charge in [-0.2, -0.15) is 0 Å². The number of hydrogen-bond donors (Lipinski definition) is 0. The van der Waals surface area contributed by atoms with Crippen molar-refractivity contribution in [2.45, 2.75) is 44.4 Å². The molecule has 2 aromatic rings. The number of hydrogen-bond acceptors (Lipinski definition) is 5. The monoisotopic (exact) mass is 425 g/mol. The maximum atomic E-state index is 13.3. The quantitative estimate of drug-likeness (QED) is 0.606. The third-order valence-corrected chi connectivity index (χ3v) is 5.80. The first-order chi connectivity index (χ1) is 15.2. The number of benzene rings is 2. The van der Waals surface area contributed by atoms with Gasteiger partial charge in [0.1, 0.15) is 18.1 Å². The van der Waals surface area contributed by atoms with E-state index in [9.17, 15) is 4.79 Å². The normalized spacial score (nSPS) is 20.5. The van der Waals surface area contributed by atoms with Crippen LogP contribution in [-0.4, -0.2) is 56.5 Å². The van der Waals surface area contributed by atoms with Crippen LogP contribution in [-0.2, 0) is 16.0 Å². The summed E-state index contributed by atoms with van der Waals surface area (Å²) in [6, 6.07) is 15.2. The fourth-order valence-corrected chi connectivity index (χ4v) is 4.09. The summed E-state index contributed by atoms with van der Waals surface area (Å²) in [4.78, 5) is 15.2. The van der Waals surface area contributed by atoms with Gasteiger partial charge >= 0.3 is 0 Å². The molecule has 2 aliphatic rings. The first kappa shape index (κ1) is 21.7. The van der Waals surface area contributed by atoms with Gasteiger partial charge in [-0.3, -0.25) is 4.79 Å². The van der Waals surface area contributed by atoms with Crippen LogP contribution in [0.5, 0.6) is 11.5 Å². The molecule has 2 aliphatic heterocycles. The summed E-state index contributed by atoms with van der Waals surface area (Å²) >= 11 is 0. The van der Waals surface area contributed by atoms with Gasteiger partial charge in [0, 0.05) is 31.9 Å². The molecule has 31 heavy (non-hydrogen) atoms. The smallest absolute Gasteiger partial charge is 0.254 e. The number of carbonyl (C=O) groups excluding carboxylic acids is 1. The summed E-state index contributed by atoms with van der Waals surface area (Å²) in [5, 5.41) is 0. The molecule has 2 fully saturated rings. The average Bonchev–Trinajstić information content (AvgIpc) is 3.52. The molecular formula is C25H31NO5. The SMILES string of the molecule is COc1cccc(CN(CC2CCCO2)C(=O)c2ccc(OCC3CCCO3)cc2)c1. The minimum atomic E-state index is -0.0102. The Bertz CT molecular complexity index is 841. The standard InChI is InChI=1S/C25H31NO5/c1-28-22-6-2-5-19(15-22)16-26(17-23-7-3-13-29-23)25(27)20-9-11-21(12-10-20)31-18-24-8-4-14-30-24/h2,5-6,9-12,15,23-24H,3-4,7-8,13-14,16-18H2,1H3. The van der Waals surface area contributed by atoms with Crippen molar-refractivity contribution in [1.29, 1.82) is 0 Å². The summed E-state index contributed by atoms with van der Waals surface area (Å²) in [6.45, 7) is 3.21. The first-order valence-corrected chi connectivity index (χ1v) is 11.1. The molecule has 0 aromatic heterocycles. The number of methoxy groups -OCH3 is 1. The van der Waals surface area contributed by atoms with Gasteiger partial charge < -0.3 is 23.8 Å². The van der Waals surface area contributed by atoms with Crippen LogP contribution in [0.4, 0.5) is 0 Å². The molecule has 6 nitrogen and oxygen atoms in total. The highest BCUT2D eigenvalue weighted by molar-refractivity contribution is 5.94. The van der Waals surface area contributed by atoms with Crippen LogP contribution in [0.25, 0.3) is 0 Å². The van der Waals surface area contributed by atoms with Gasteiger partial charge in [0.25, 0.3) is 5.91 Å². The zero-order chi connectivity index (χ0) is 21.5. The lowest BCUT2D eigenvalue weighted by molar-refractivity contribution is 0.0507. The minimum Gasteiger partial charge on any atom is -0.497 e. The van der Waals surface area contributed by atoms with Crippen LogP contribution in [0.3, 0.4) is 0 Å². The van der Waals surface area contributed by atoms with Crippen LogP contribution in [0, 0.1) is 0 Å². The second kappa shape index (κ2) is 10.6. The van der Waals surface area contributed by atoms with Crippen molar-refractivity contribution in [3.05, 3.63) is 59.7 Å². The Balaban J connectivity index is 1.43. The summed E-state index contributed by atoms with van der Waals surface area (Å²) in [5.41, 5.74) is 1.67. The summed E-state index contributed by atoms with van der Waals surface area (Å²) < 4.78 is 22.6. The first-order valence-electron chi connectivity index (χ1n) is 11.1. The Kier molecular flexibility index (Phi) is 7.43. The fraction of sp³-hybridized carbons (Fsp3) is 0.480. The molecule has 2 unspecified atom stereocenters. The molecule has 2 atom stereocenters. The highest BCUT2D eigenvalue weighted by atomic mass is 16.5. The van der Waals surface area contributed by atoms with Crippen LogP contribution in [0.1, 0.15) is 41.6 Å². The predicted molar refractivity (Wildman–Crippen MR) is 118 cm³/mol. The molecule has 0 bridgehead atoms. The van der Waals surface area contributed by atoms with E-state index in [1.165, 1.54) is 0 Å². The van der Waals surface area contributed by atoms with Crippen molar-refractivity contribution in [2.75, 3.05) is 33.5 Å². The fourth-order valence-electron chi connectivity index (χ4n) is 4.09.